The van der Waals surface area contributed by atoms with Gasteiger partial charge in [0.1, 0.15) is 0 Å². The van der Waals surface area contributed by atoms with Gasteiger partial charge in [0.2, 0.25) is 0 Å². The maximum Gasteiger partial charge on any atom is 0.314 e. The van der Waals surface area contributed by atoms with E-state index in [9.17, 15) is 14.4 Å². The van der Waals surface area contributed by atoms with Crippen LogP contribution < -0.4 is 11.1 Å². The first-order valence-electron chi connectivity index (χ1n) is 4.03. The van der Waals surface area contributed by atoms with E-state index in [-0.39, 0.29) is 0 Å². The fourth-order valence-corrected chi connectivity index (χ4v) is 1.72. The smallest absolute Gasteiger partial charge is 0.314 e. The molecule has 0 radical (unpaired) electrons. The van der Waals surface area contributed by atoms with E-state index in [2.05, 4.69) is 25.9 Å². The van der Waals surface area contributed by atoms with E-state index >= 15 is 0 Å². The highest BCUT2D eigenvalue weighted by atomic mass is 79.9. The van der Waals surface area contributed by atoms with Crippen LogP contribution in [-0.2, 0) is 0 Å². The fraction of sp³-hybridized carbons (Fsp3) is 0. The van der Waals surface area contributed by atoms with E-state index in [4.69, 9.17) is 0 Å². The van der Waals surface area contributed by atoms with Crippen LogP contribution in [0.4, 0.5) is 0 Å². The van der Waals surface area contributed by atoms with E-state index in [1.807, 2.05) is 0 Å². The van der Waals surface area contributed by atoms with Crippen molar-refractivity contribution in [3.8, 4) is 0 Å². The molecule has 5 nitrogen and oxygen atoms in total. The van der Waals surface area contributed by atoms with E-state index in [1.54, 1.807) is 12.1 Å². The summed E-state index contributed by atoms with van der Waals surface area (Å²) in [4.78, 5) is 37.6. The van der Waals surface area contributed by atoms with Crippen molar-refractivity contribution in [2.75, 3.05) is 0 Å². The predicted molar refractivity (Wildman–Crippen MR) is 58.3 cm³/mol. The first-order chi connectivity index (χ1) is 7.13. The molecule has 1 heterocycles. The zero-order chi connectivity index (χ0) is 11.0. The molecule has 2 aromatic rings. The number of nitrogens with one attached hydrogen (secondary N) is 2. The van der Waals surface area contributed by atoms with Crippen molar-refractivity contribution in [2.45, 2.75) is 0 Å². The molecule has 15 heavy (non-hydrogen) atoms. The van der Waals surface area contributed by atoms with Crippen LogP contribution in [0.25, 0.3) is 11.0 Å². The molecule has 0 spiro atoms. The van der Waals surface area contributed by atoms with Crippen molar-refractivity contribution in [2.24, 2.45) is 0 Å². The minimum Gasteiger partial charge on any atom is -0.315 e. The van der Waals surface area contributed by atoms with Gasteiger partial charge >= 0.3 is 11.1 Å². The fourth-order valence-electron chi connectivity index (χ4n) is 1.29. The Hall–Kier alpha value is -1.69. The first kappa shape index (κ1) is 9.85. The Morgan fingerprint density at radius 2 is 1.67 bits per heavy atom. The van der Waals surface area contributed by atoms with E-state index < -0.39 is 11.1 Å². The van der Waals surface area contributed by atoms with Crippen LogP contribution in [-0.4, -0.2) is 16.3 Å². The summed E-state index contributed by atoms with van der Waals surface area (Å²) >= 11 is 3.21. The van der Waals surface area contributed by atoms with Gasteiger partial charge in [-0.15, -0.1) is 0 Å². The molecule has 0 saturated carbocycles. The lowest BCUT2D eigenvalue weighted by molar-refractivity contribution is 0.112. The molecule has 6 heteroatoms. The second-order valence-corrected chi connectivity index (χ2v) is 3.77. The second kappa shape index (κ2) is 3.47. The zero-order valence-electron chi connectivity index (χ0n) is 7.33. The third kappa shape index (κ3) is 1.52. The maximum atomic E-state index is 11.1. The second-order valence-electron chi connectivity index (χ2n) is 2.91. The van der Waals surface area contributed by atoms with Crippen LogP contribution in [0.15, 0.2) is 26.2 Å². The molecule has 0 fully saturated rings. The zero-order valence-corrected chi connectivity index (χ0v) is 8.92. The Morgan fingerprint density at radius 1 is 1.07 bits per heavy atom. The maximum absolute atomic E-state index is 11.1. The van der Waals surface area contributed by atoms with Gasteiger partial charge in [-0.2, -0.15) is 0 Å². The average Bonchev–Trinajstić information content (AvgIpc) is 2.22. The van der Waals surface area contributed by atoms with Crippen molar-refractivity contribution < 1.29 is 4.79 Å². The van der Waals surface area contributed by atoms with Crippen molar-refractivity contribution in [1.29, 1.82) is 0 Å². The van der Waals surface area contributed by atoms with Crippen LogP contribution in [0.5, 0.6) is 0 Å². The largest absolute Gasteiger partial charge is 0.315 e. The van der Waals surface area contributed by atoms with Crippen LogP contribution in [0.1, 0.15) is 10.4 Å². The van der Waals surface area contributed by atoms with Gasteiger partial charge in [0.15, 0.2) is 6.29 Å². The highest BCUT2D eigenvalue weighted by Gasteiger charge is 2.06. The van der Waals surface area contributed by atoms with Gasteiger partial charge in [-0.1, -0.05) is 0 Å². The summed E-state index contributed by atoms with van der Waals surface area (Å²) in [6.45, 7) is 0. The van der Waals surface area contributed by atoms with Gasteiger partial charge < -0.3 is 9.97 Å². The lowest BCUT2D eigenvalue weighted by Crippen LogP contribution is -2.29. The summed E-state index contributed by atoms with van der Waals surface area (Å²) in [5.41, 5.74) is -0.468. The standard InChI is InChI=1S/C9H5BrN2O3/c10-5-2-1-4(3-13)6-7(5)12-9(15)8(14)11-6/h1-3H,(H,11,14)(H,12,15). The number of carbonyl (C=O) groups excluding carboxylic acids is 1. The van der Waals surface area contributed by atoms with Crippen molar-refractivity contribution in [3.63, 3.8) is 0 Å². The number of fused-ring (bicyclic) bond motifs is 1. The molecular formula is C9H5BrN2O3. The van der Waals surface area contributed by atoms with Gasteiger partial charge in [0.25, 0.3) is 0 Å². The lowest BCUT2D eigenvalue weighted by Gasteiger charge is -2.01. The normalized spacial score (nSPS) is 10.5. The Morgan fingerprint density at radius 3 is 2.27 bits per heavy atom. The molecule has 0 unspecified atom stereocenters. The highest BCUT2D eigenvalue weighted by Crippen LogP contribution is 2.20. The van der Waals surface area contributed by atoms with Crippen LogP contribution in [0.2, 0.25) is 0 Å². The van der Waals surface area contributed by atoms with E-state index in [0.717, 1.165) is 0 Å². The van der Waals surface area contributed by atoms with Crippen LogP contribution >= 0.6 is 15.9 Å². The molecular weight excluding hydrogens is 264 g/mol. The Balaban J connectivity index is 3.08. The predicted octanol–water partition coefficient (Wildman–Crippen LogP) is 0.791. The minimum absolute atomic E-state index is 0.321. The van der Waals surface area contributed by atoms with Gasteiger partial charge in [-0.05, 0) is 28.1 Å². The number of carbonyl (C=O) groups is 1. The number of benzene rings is 1. The molecule has 2 rings (SSSR count). The number of H-pyrrole nitrogens is 2. The van der Waals surface area contributed by atoms with E-state index in [1.165, 1.54) is 0 Å². The van der Waals surface area contributed by atoms with Gasteiger partial charge in [0.05, 0.1) is 11.0 Å². The highest BCUT2D eigenvalue weighted by molar-refractivity contribution is 9.10. The number of aldehydes is 1. The van der Waals surface area contributed by atoms with Gasteiger partial charge in [-0.3, -0.25) is 14.4 Å². The van der Waals surface area contributed by atoms with Crippen LogP contribution in [0.3, 0.4) is 0 Å². The summed E-state index contributed by atoms with van der Waals surface area (Å²) in [5, 5.41) is 0. The summed E-state index contributed by atoms with van der Waals surface area (Å²) in [6, 6.07) is 3.17. The lowest BCUT2D eigenvalue weighted by atomic mass is 10.2. The summed E-state index contributed by atoms with van der Waals surface area (Å²) in [6.07, 6.45) is 0.614. The minimum atomic E-state index is -0.774. The summed E-state index contributed by atoms with van der Waals surface area (Å²) < 4.78 is 0.608. The van der Waals surface area contributed by atoms with Gasteiger partial charge in [0, 0.05) is 10.0 Å². The molecule has 2 N–H and O–H groups in total. The third-order valence-corrected chi connectivity index (χ3v) is 2.66. The van der Waals surface area contributed by atoms with Gasteiger partial charge in [-0.25, -0.2) is 0 Å². The molecule has 0 aliphatic rings. The SMILES string of the molecule is O=Cc1ccc(Br)c2[nH]c(=O)c(=O)[nH]c12. The molecule has 0 bridgehead atoms. The number of hydrogen-bond donors (Lipinski definition) is 2. The number of aromatic nitrogens is 2. The molecule has 0 atom stereocenters. The Kier molecular flexibility index (Phi) is 2.28. The van der Waals surface area contributed by atoms with Crippen molar-refractivity contribution in [3.05, 3.63) is 42.9 Å². The molecule has 0 aliphatic carbocycles. The third-order valence-electron chi connectivity index (χ3n) is 2.00. The summed E-state index contributed by atoms with van der Waals surface area (Å²) in [7, 11) is 0. The number of aromatic amines is 2. The Labute approximate surface area is 91.3 Å². The summed E-state index contributed by atoms with van der Waals surface area (Å²) in [5.74, 6) is 0. The number of rotatable bonds is 1. The van der Waals surface area contributed by atoms with E-state index in [0.29, 0.717) is 27.4 Å². The number of hydrogen-bond acceptors (Lipinski definition) is 3. The Bertz CT molecular complexity index is 656. The number of halogens is 1. The molecule has 0 aliphatic heterocycles. The van der Waals surface area contributed by atoms with Crippen molar-refractivity contribution in [1.82, 2.24) is 9.97 Å². The monoisotopic (exact) mass is 268 g/mol. The molecule has 0 saturated heterocycles. The topological polar surface area (TPSA) is 82.8 Å². The van der Waals surface area contributed by atoms with Crippen molar-refractivity contribution >= 4 is 33.2 Å². The molecule has 76 valence electrons. The first-order valence-corrected chi connectivity index (χ1v) is 4.83. The molecule has 1 aromatic heterocycles. The molecule has 1 aromatic carbocycles. The molecule has 0 amide bonds. The van der Waals surface area contributed by atoms with Crippen LogP contribution in [0, 0.1) is 0 Å². The average molecular weight is 269 g/mol. The quantitative estimate of drug-likeness (QED) is 0.593.